The Hall–Kier alpha value is -3.11. The normalized spacial score (nSPS) is 17.2. The van der Waals surface area contributed by atoms with E-state index in [1.54, 1.807) is 24.3 Å². The minimum Gasteiger partial charge on any atom is -0.481 e. The van der Waals surface area contributed by atoms with Crippen LogP contribution in [0.15, 0.2) is 24.3 Å². The molecule has 30 heavy (non-hydrogen) atoms. The minimum atomic E-state index is -0.777. The molecular weight excluding hydrogens is 408 g/mol. The smallest absolute Gasteiger partial charge is 0.307 e. The number of nitro groups is 1. The van der Waals surface area contributed by atoms with Crippen molar-refractivity contribution in [2.45, 2.75) is 26.3 Å². The maximum absolute atomic E-state index is 11.4. The van der Waals surface area contributed by atoms with Crippen molar-refractivity contribution >= 4 is 46.2 Å². The van der Waals surface area contributed by atoms with Crippen LogP contribution in [0.25, 0.3) is 12.2 Å². The maximum Gasteiger partial charge on any atom is 0.307 e. The number of rotatable bonds is 7. The van der Waals surface area contributed by atoms with Gasteiger partial charge in [0, 0.05) is 37.0 Å². The number of nitrogens with zero attached hydrogens (tertiary/aromatic N) is 3. The molecule has 1 aromatic heterocycles. The van der Waals surface area contributed by atoms with Crippen LogP contribution in [-0.2, 0) is 16.1 Å². The van der Waals surface area contributed by atoms with Crippen molar-refractivity contribution in [3.63, 3.8) is 0 Å². The summed E-state index contributed by atoms with van der Waals surface area (Å²) in [4.78, 5) is 40.6. The van der Waals surface area contributed by atoms with Gasteiger partial charge in [0.1, 0.15) is 0 Å². The van der Waals surface area contributed by atoms with Gasteiger partial charge in [0.25, 0.3) is 5.69 Å². The van der Waals surface area contributed by atoms with E-state index >= 15 is 0 Å². The lowest BCUT2D eigenvalue weighted by Crippen LogP contribution is -2.38. The van der Waals surface area contributed by atoms with Crippen LogP contribution in [0.1, 0.15) is 35.9 Å². The molecule has 2 N–H and O–H groups in total. The Balaban J connectivity index is 1.80. The fourth-order valence-electron chi connectivity index (χ4n) is 3.30. The number of likely N-dealkylation sites (tertiary alicyclic amines) is 1. The zero-order chi connectivity index (χ0) is 21.7. The molecule has 3 rings (SSSR count). The van der Waals surface area contributed by atoms with Crippen LogP contribution >= 0.6 is 11.3 Å². The number of aliphatic carboxylic acids is 1. The zero-order valence-corrected chi connectivity index (χ0v) is 17.2. The van der Waals surface area contributed by atoms with Crippen LogP contribution in [0.3, 0.4) is 0 Å². The van der Waals surface area contributed by atoms with E-state index in [0.717, 1.165) is 23.4 Å². The summed E-state index contributed by atoms with van der Waals surface area (Å²) < 4.78 is 0. The highest BCUT2D eigenvalue weighted by molar-refractivity contribution is 7.16. The van der Waals surface area contributed by atoms with E-state index in [1.165, 1.54) is 30.4 Å². The number of thiazole rings is 1. The first kappa shape index (κ1) is 21.6. The molecule has 2 heterocycles. The number of nitro benzene ring substituents is 1. The van der Waals surface area contributed by atoms with Gasteiger partial charge in [-0.25, -0.2) is 4.98 Å². The Kier molecular flexibility index (Phi) is 6.91. The third kappa shape index (κ3) is 5.71. The monoisotopic (exact) mass is 430 g/mol. The predicted molar refractivity (Wildman–Crippen MR) is 114 cm³/mol. The summed E-state index contributed by atoms with van der Waals surface area (Å²) in [6.45, 7) is 3.24. The van der Waals surface area contributed by atoms with Gasteiger partial charge in [-0.2, -0.15) is 0 Å². The highest BCUT2D eigenvalue weighted by Gasteiger charge is 2.26. The molecule has 0 radical (unpaired) electrons. The quantitative estimate of drug-likeness (QED) is 0.509. The first-order valence-electron chi connectivity index (χ1n) is 9.47. The molecule has 0 spiro atoms. The van der Waals surface area contributed by atoms with Crippen LogP contribution in [0.2, 0.25) is 0 Å². The number of benzene rings is 1. The second-order valence-electron chi connectivity index (χ2n) is 7.10. The Bertz CT molecular complexity index is 970. The number of carboxylic acids is 1. The molecule has 1 amide bonds. The van der Waals surface area contributed by atoms with Gasteiger partial charge < -0.3 is 10.4 Å². The van der Waals surface area contributed by atoms with Gasteiger partial charge in [-0.3, -0.25) is 24.6 Å². The third-order valence-corrected chi connectivity index (χ3v) is 5.74. The molecule has 1 aromatic carbocycles. The van der Waals surface area contributed by atoms with E-state index in [4.69, 9.17) is 0 Å². The average Bonchev–Trinajstić information content (AvgIpc) is 3.07. The van der Waals surface area contributed by atoms with Gasteiger partial charge >= 0.3 is 5.97 Å². The predicted octanol–water partition coefficient (Wildman–Crippen LogP) is 3.48. The van der Waals surface area contributed by atoms with Gasteiger partial charge in [-0.15, -0.1) is 0 Å². The fraction of sp³-hybridized carbons (Fsp3) is 0.350. The Morgan fingerprint density at radius 1 is 1.37 bits per heavy atom. The van der Waals surface area contributed by atoms with Gasteiger partial charge in [0.2, 0.25) is 5.91 Å². The van der Waals surface area contributed by atoms with E-state index in [-0.39, 0.29) is 17.5 Å². The highest BCUT2D eigenvalue weighted by Crippen LogP contribution is 2.28. The number of anilines is 1. The molecule has 0 bridgehead atoms. The first-order valence-corrected chi connectivity index (χ1v) is 10.3. The molecule has 0 unspecified atom stereocenters. The average molecular weight is 430 g/mol. The number of hydrogen-bond acceptors (Lipinski definition) is 7. The lowest BCUT2D eigenvalue weighted by Gasteiger charge is -2.30. The molecule has 1 fully saturated rings. The second-order valence-corrected chi connectivity index (χ2v) is 8.19. The number of carbonyl (C=O) groups is 2. The Morgan fingerprint density at radius 2 is 2.10 bits per heavy atom. The largest absolute Gasteiger partial charge is 0.481 e. The molecule has 1 aliphatic rings. The maximum atomic E-state index is 11.4. The molecule has 0 saturated carbocycles. The summed E-state index contributed by atoms with van der Waals surface area (Å²) in [7, 11) is 0. The topological polar surface area (TPSA) is 126 Å². The second kappa shape index (κ2) is 9.59. The van der Waals surface area contributed by atoms with Crippen molar-refractivity contribution in [2.75, 3.05) is 18.4 Å². The molecule has 158 valence electrons. The van der Waals surface area contributed by atoms with E-state index in [0.29, 0.717) is 30.3 Å². The molecule has 1 atom stereocenters. The zero-order valence-electron chi connectivity index (χ0n) is 16.4. The molecule has 0 aliphatic carbocycles. The minimum absolute atomic E-state index is 0.0209. The molecule has 1 saturated heterocycles. The molecule has 2 aromatic rings. The van der Waals surface area contributed by atoms with E-state index in [1.807, 2.05) is 0 Å². The number of non-ortho nitro benzene ring substituents is 1. The lowest BCUT2D eigenvalue weighted by atomic mass is 9.98. The number of hydrogen-bond donors (Lipinski definition) is 2. The summed E-state index contributed by atoms with van der Waals surface area (Å²) in [6, 6.07) is 6.17. The Morgan fingerprint density at radius 3 is 2.73 bits per heavy atom. The summed E-state index contributed by atoms with van der Waals surface area (Å²) in [6.07, 6.45) is 5.11. The van der Waals surface area contributed by atoms with Gasteiger partial charge in [0.15, 0.2) is 5.13 Å². The molecular formula is C20H22N4O5S. The molecule has 1 aliphatic heterocycles. The van der Waals surface area contributed by atoms with Crippen molar-refractivity contribution < 1.29 is 19.6 Å². The van der Waals surface area contributed by atoms with Crippen LogP contribution < -0.4 is 5.32 Å². The van der Waals surface area contributed by atoms with Crippen molar-refractivity contribution in [3.05, 3.63) is 50.5 Å². The van der Waals surface area contributed by atoms with Gasteiger partial charge in [-0.1, -0.05) is 17.4 Å². The summed E-state index contributed by atoms with van der Waals surface area (Å²) in [5, 5.41) is 23.3. The standard InChI is InChI=1S/C20H22N4O5S/c1-13(25)21-20-22-17(9-6-14-4-7-16(8-5-14)24(28)29)18(30-20)12-23-10-2-3-15(11-23)19(26)27/h4-9,15H,2-3,10-12H2,1H3,(H,26,27)(H,21,22,25)/t15-/m1/s1. The Labute approximate surface area is 177 Å². The van der Waals surface area contributed by atoms with Gasteiger partial charge in [-0.05, 0) is 43.2 Å². The van der Waals surface area contributed by atoms with Crippen molar-refractivity contribution in [3.8, 4) is 0 Å². The highest BCUT2D eigenvalue weighted by atomic mass is 32.1. The number of aromatic nitrogens is 1. The SMILES string of the molecule is CC(=O)Nc1nc(C=Cc2ccc([N+](=O)[O-])cc2)c(CN2CCC[C@@H](C(=O)O)C2)s1. The van der Waals surface area contributed by atoms with Crippen molar-refractivity contribution in [2.24, 2.45) is 5.92 Å². The number of carbonyl (C=O) groups excluding carboxylic acids is 1. The molecule has 9 nitrogen and oxygen atoms in total. The van der Waals surface area contributed by atoms with Gasteiger partial charge in [0.05, 0.1) is 16.5 Å². The van der Waals surface area contributed by atoms with Crippen molar-refractivity contribution in [1.82, 2.24) is 9.88 Å². The fourth-order valence-corrected chi connectivity index (χ4v) is 4.33. The first-order chi connectivity index (χ1) is 14.3. The van der Waals surface area contributed by atoms with E-state index < -0.39 is 10.9 Å². The summed E-state index contributed by atoms with van der Waals surface area (Å²) >= 11 is 1.36. The van der Waals surface area contributed by atoms with E-state index in [2.05, 4.69) is 15.2 Å². The molecule has 10 heteroatoms. The third-order valence-electron chi connectivity index (χ3n) is 4.77. The van der Waals surface area contributed by atoms with Crippen LogP contribution in [0.5, 0.6) is 0 Å². The number of nitrogens with one attached hydrogen (secondary N) is 1. The number of piperidine rings is 1. The summed E-state index contributed by atoms with van der Waals surface area (Å²) in [5.41, 5.74) is 1.48. The van der Waals surface area contributed by atoms with Crippen molar-refractivity contribution in [1.29, 1.82) is 0 Å². The number of amides is 1. The number of carboxylic acid groups (broad SMARTS) is 1. The van der Waals surface area contributed by atoms with Crippen LogP contribution in [-0.4, -0.2) is 44.9 Å². The summed E-state index contributed by atoms with van der Waals surface area (Å²) in [5.74, 6) is -1.37. The lowest BCUT2D eigenvalue weighted by molar-refractivity contribution is -0.384. The van der Waals surface area contributed by atoms with Crippen LogP contribution in [0.4, 0.5) is 10.8 Å². The van der Waals surface area contributed by atoms with Crippen LogP contribution in [0, 0.1) is 16.0 Å². The van der Waals surface area contributed by atoms with E-state index in [9.17, 15) is 24.8 Å².